The average Bonchev–Trinajstić information content (AvgIpc) is 3.38. The molecule has 0 spiro atoms. The van der Waals surface area contributed by atoms with Crippen molar-refractivity contribution in [3.63, 3.8) is 0 Å². The maximum Gasteiger partial charge on any atom is 0.181 e. The zero-order valence-electron chi connectivity index (χ0n) is 16.3. The molecule has 4 aromatic rings. The van der Waals surface area contributed by atoms with Crippen LogP contribution in [0.25, 0.3) is 22.4 Å². The van der Waals surface area contributed by atoms with Crippen LogP contribution in [-0.4, -0.2) is 20.2 Å². The smallest absolute Gasteiger partial charge is 0.181 e. The Morgan fingerprint density at radius 1 is 1.31 bits per heavy atom. The van der Waals surface area contributed by atoms with Gasteiger partial charge in [-0.25, -0.2) is 4.98 Å². The number of nitriles is 1. The molecule has 3 aromatic heterocycles. The highest BCUT2D eigenvalue weighted by molar-refractivity contribution is 5.93. The van der Waals surface area contributed by atoms with Gasteiger partial charge >= 0.3 is 0 Å². The molecule has 2 N–H and O–H groups in total. The fraction of sp³-hybridized carbons (Fsp3) is 0.273. The first-order chi connectivity index (χ1) is 14.2. The first kappa shape index (κ1) is 17.4. The third-order valence-electron chi connectivity index (χ3n) is 5.72. The number of rotatable bonds is 3. The van der Waals surface area contributed by atoms with Crippen molar-refractivity contribution in [2.75, 3.05) is 5.32 Å². The highest BCUT2D eigenvalue weighted by Gasteiger charge is 2.25. The first-order valence-corrected chi connectivity index (χ1v) is 9.69. The summed E-state index contributed by atoms with van der Waals surface area (Å²) in [7, 11) is 0. The number of nitrogens with zero attached hydrogens (tertiary/aromatic N) is 4. The zero-order chi connectivity index (χ0) is 20.0. The molecule has 0 radical (unpaired) electrons. The number of H-pyrrole nitrogens is 1. The van der Waals surface area contributed by atoms with Crippen LogP contribution in [0.1, 0.15) is 47.0 Å². The van der Waals surface area contributed by atoms with E-state index in [1.165, 1.54) is 12.0 Å². The Morgan fingerprint density at radius 3 is 3.00 bits per heavy atom. The summed E-state index contributed by atoms with van der Waals surface area (Å²) in [5, 5.41) is 21.5. The van der Waals surface area contributed by atoms with E-state index < -0.39 is 0 Å². The summed E-state index contributed by atoms with van der Waals surface area (Å²) in [6.07, 6.45) is 6.11. The average molecular weight is 384 g/mol. The molecule has 1 aliphatic carbocycles. The molecule has 0 saturated heterocycles. The number of hydrogen-bond donors (Lipinski definition) is 2. The molecule has 1 aromatic carbocycles. The van der Waals surface area contributed by atoms with E-state index in [-0.39, 0.29) is 6.04 Å². The van der Waals surface area contributed by atoms with Crippen molar-refractivity contribution in [1.82, 2.24) is 20.2 Å². The number of aromatic amines is 1. The van der Waals surface area contributed by atoms with Crippen molar-refractivity contribution < 1.29 is 4.42 Å². The van der Waals surface area contributed by atoms with Gasteiger partial charge in [0.1, 0.15) is 11.8 Å². The van der Waals surface area contributed by atoms with Gasteiger partial charge in [-0.2, -0.15) is 10.4 Å². The summed E-state index contributed by atoms with van der Waals surface area (Å²) in [6.45, 7) is 3.95. The monoisotopic (exact) mass is 384 g/mol. The summed E-state index contributed by atoms with van der Waals surface area (Å²) in [5.74, 6) is 0.633. The second-order valence-electron chi connectivity index (χ2n) is 7.46. The van der Waals surface area contributed by atoms with Crippen LogP contribution in [0, 0.1) is 25.2 Å². The van der Waals surface area contributed by atoms with Crippen molar-refractivity contribution in [3.8, 4) is 17.5 Å². The summed E-state index contributed by atoms with van der Waals surface area (Å²) in [6, 6.07) is 8.55. The quantitative estimate of drug-likeness (QED) is 0.535. The maximum absolute atomic E-state index is 9.46. The third-order valence-corrected chi connectivity index (χ3v) is 5.72. The van der Waals surface area contributed by atoms with Crippen LogP contribution in [0.3, 0.4) is 0 Å². The van der Waals surface area contributed by atoms with E-state index in [1.54, 1.807) is 6.20 Å². The molecule has 5 rings (SSSR count). The van der Waals surface area contributed by atoms with E-state index in [2.05, 4.69) is 32.6 Å². The molecule has 0 aliphatic heterocycles. The number of aryl methyl sites for hydroxylation is 1. The second-order valence-corrected chi connectivity index (χ2v) is 7.46. The van der Waals surface area contributed by atoms with Gasteiger partial charge in [0.05, 0.1) is 34.7 Å². The third kappa shape index (κ3) is 2.85. The predicted octanol–water partition coefficient (Wildman–Crippen LogP) is 4.59. The molecule has 3 heterocycles. The number of oxazole rings is 1. The van der Waals surface area contributed by atoms with E-state index in [9.17, 15) is 5.26 Å². The molecule has 0 fully saturated rings. The lowest BCUT2D eigenvalue weighted by Crippen LogP contribution is -2.21. The first-order valence-electron chi connectivity index (χ1n) is 9.69. The zero-order valence-corrected chi connectivity index (χ0v) is 16.3. The van der Waals surface area contributed by atoms with Gasteiger partial charge in [-0.05, 0) is 62.4 Å². The number of fused-ring (bicyclic) bond motifs is 2. The van der Waals surface area contributed by atoms with Gasteiger partial charge < -0.3 is 9.73 Å². The van der Waals surface area contributed by atoms with Gasteiger partial charge in [0.25, 0.3) is 0 Å². The lowest BCUT2D eigenvalue weighted by molar-refractivity contribution is 0.570. The van der Waals surface area contributed by atoms with Crippen molar-refractivity contribution in [3.05, 3.63) is 58.9 Å². The number of benzene rings is 1. The number of hydrogen-bond acceptors (Lipinski definition) is 6. The van der Waals surface area contributed by atoms with Crippen LogP contribution in [0.2, 0.25) is 0 Å². The normalized spacial score (nSPS) is 15.8. The van der Waals surface area contributed by atoms with Crippen LogP contribution in [0.15, 0.2) is 35.2 Å². The molecular weight excluding hydrogens is 364 g/mol. The molecule has 29 heavy (non-hydrogen) atoms. The van der Waals surface area contributed by atoms with Crippen molar-refractivity contribution in [2.45, 2.75) is 39.2 Å². The summed E-state index contributed by atoms with van der Waals surface area (Å²) >= 11 is 0. The van der Waals surface area contributed by atoms with Crippen molar-refractivity contribution >= 4 is 16.6 Å². The molecular formula is C22H20N6O. The van der Waals surface area contributed by atoms with Gasteiger partial charge in [0.2, 0.25) is 0 Å². The van der Waals surface area contributed by atoms with Crippen LogP contribution < -0.4 is 5.32 Å². The Morgan fingerprint density at radius 2 is 2.21 bits per heavy atom. The SMILES string of the molecule is Cc1nc2c(c(C)c1C#N)CCC[C@@H]2Nc1ccc2[nH]nc(-c3cnco3)c2c1. The van der Waals surface area contributed by atoms with Crippen molar-refractivity contribution in [2.24, 2.45) is 0 Å². The van der Waals surface area contributed by atoms with E-state index in [0.717, 1.165) is 58.5 Å². The standard InChI is InChI=1S/C22H20N6O/c1-12-15-4-3-5-19(21(15)25-13(2)17(12)9-23)26-14-6-7-18-16(8-14)22(28-27-18)20-10-24-11-29-20/h6-8,10-11,19,26H,3-5H2,1-2H3,(H,27,28)/t19-/m0/s1. The molecule has 1 aliphatic rings. The highest BCUT2D eigenvalue weighted by Crippen LogP contribution is 2.36. The van der Waals surface area contributed by atoms with E-state index in [1.807, 2.05) is 26.0 Å². The molecule has 0 unspecified atom stereocenters. The molecule has 7 heteroatoms. The van der Waals surface area contributed by atoms with E-state index >= 15 is 0 Å². The van der Waals surface area contributed by atoms with Crippen LogP contribution >= 0.6 is 0 Å². The lowest BCUT2D eigenvalue weighted by atomic mass is 9.86. The largest absolute Gasteiger partial charge is 0.442 e. The van der Waals surface area contributed by atoms with E-state index in [0.29, 0.717) is 11.3 Å². The minimum Gasteiger partial charge on any atom is -0.442 e. The van der Waals surface area contributed by atoms with Crippen LogP contribution in [-0.2, 0) is 6.42 Å². The Kier molecular flexibility index (Phi) is 4.06. The van der Waals surface area contributed by atoms with Gasteiger partial charge in [-0.3, -0.25) is 10.1 Å². The Balaban J connectivity index is 1.53. The van der Waals surface area contributed by atoms with Gasteiger partial charge in [-0.15, -0.1) is 0 Å². The molecule has 0 bridgehead atoms. The Labute approximate surface area is 167 Å². The number of nitrogens with one attached hydrogen (secondary N) is 2. The molecule has 144 valence electrons. The van der Waals surface area contributed by atoms with Gasteiger partial charge in [0.15, 0.2) is 12.2 Å². The number of aromatic nitrogens is 4. The molecule has 7 nitrogen and oxygen atoms in total. The summed E-state index contributed by atoms with van der Waals surface area (Å²) in [4.78, 5) is 8.80. The Bertz CT molecular complexity index is 1250. The lowest BCUT2D eigenvalue weighted by Gasteiger charge is -2.28. The summed E-state index contributed by atoms with van der Waals surface area (Å²) < 4.78 is 5.42. The second kappa shape index (κ2) is 6.74. The molecule has 0 saturated carbocycles. The van der Waals surface area contributed by atoms with Crippen LogP contribution in [0.5, 0.6) is 0 Å². The minimum absolute atomic E-state index is 0.113. The summed E-state index contributed by atoms with van der Waals surface area (Å²) in [5.41, 5.74) is 7.54. The fourth-order valence-electron chi connectivity index (χ4n) is 4.27. The topological polar surface area (TPSA) is 103 Å². The maximum atomic E-state index is 9.46. The molecule has 0 amide bonds. The van der Waals surface area contributed by atoms with Gasteiger partial charge in [-0.1, -0.05) is 0 Å². The minimum atomic E-state index is 0.113. The van der Waals surface area contributed by atoms with Crippen molar-refractivity contribution in [1.29, 1.82) is 5.26 Å². The fourth-order valence-corrected chi connectivity index (χ4v) is 4.27. The van der Waals surface area contributed by atoms with E-state index in [4.69, 9.17) is 9.40 Å². The highest BCUT2D eigenvalue weighted by atomic mass is 16.3. The Hall–Kier alpha value is -3.66. The number of pyridine rings is 1. The van der Waals surface area contributed by atoms with Crippen LogP contribution in [0.4, 0.5) is 5.69 Å². The number of anilines is 1. The van der Waals surface area contributed by atoms with Gasteiger partial charge in [0, 0.05) is 11.1 Å². The molecule has 1 atom stereocenters. The predicted molar refractivity (Wildman–Crippen MR) is 109 cm³/mol.